The van der Waals surface area contributed by atoms with Gasteiger partial charge in [-0.05, 0) is 13.3 Å². The van der Waals surface area contributed by atoms with Crippen molar-refractivity contribution < 1.29 is 40.8 Å². The molecule has 4 heteroatoms. The molecule has 0 saturated heterocycles. The Bertz CT molecular complexity index is 178. The van der Waals surface area contributed by atoms with Crippen LogP contribution in [0.25, 0.3) is 0 Å². The first kappa shape index (κ1) is 15.5. The first-order valence-electron chi connectivity index (χ1n) is 4.08. The van der Waals surface area contributed by atoms with Crippen molar-refractivity contribution in [3.05, 3.63) is 11.8 Å². The summed E-state index contributed by atoms with van der Waals surface area (Å²) in [6.45, 7) is 3.60. The van der Waals surface area contributed by atoms with Gasteiger partial charge in [0.2, 0.25) is 0 Å². The normalized spacial score (nSPS) is 13.3. The predicted octanol–water partition coefficient (Wildman–Crippen LogP) is 1.83. The smallest absolute Gasteiger partial charge is 0.159 e. The fraction of sp³-hybridized carbons (Fsp3) is 0.667. The van der Waals surface area contributed by atoms with Gasteiger partial charge in [-0.1, -0.05) is 6.92 Å². The Hall–Kier alpha value is 0.0531. The van der Waals surface area contributed by atoms with Gasteiger partial charge >= 0.3 is 0 Å². The van der Waals surface area contributed by atoms with E-state index in [9.17, 15) is 9.90 Å². The molecule has 13 heavy (non-hydrogen) atoms. The van der Waals surface area contributed by atoms with Crippen LogP contribution in [-0.2, 0) is 35.7 Å². The van der Waals surface area contributed by atoms with E-state index >= 15 is 0 Å². The first-order valence-corrected chi connectivity index (χ1v) is 4.08. The number of aliphatic hydroxyl groups is 1. The maximum Gasteiger partial charge on any atom is 0.159 e. The number of hydrogen-bond acceptors (Lipinski definition) is 3. The van der Waals surface area contributed by atoms with Gasteiger partial charge in [0.15, 0.2) is 5.78 Å². The number of ether oxygens (including phenoxy) is 1. The first-order chi connectivity index (χ1) is 5.61. The van der Waals surface area contributed by atoms with E-state index in [0.29, 0.717) is 6.42 Å². The SMILES string of the molecule is CCCC(=O)/C=C(\O)C(C)OC.[Zr]. The monoisotopic (exact) mass is 262 g/mol. The van der Waals surface area contributed by atoms with E-state index in [1.54, 1.807) is 6.92 Å². The zero-order valence-corrected chi connectivity index (χ0v) is 10.8. The van der Waals surface area contributed by atoms with Crippen molar-refractivity contribution in [2.45, 2.75) is 32.8 Å². The van der Waals surface area contributed by atoms with Gasteiger partial charge in [-0.25, -0.2) is 0 Å². The summed E-state index contributed by atoms with van der Waals surface area (Å²) in [4.78, 5) is 11.0. The van der Waals surface area contributed by atoms with E-state index in [2.05, 4.69) is 0 Å². The van der Waals surface area contributed by atoms with Gasteiger partial charge in [-0.3, -0.25) is 4.79 Å². The molecule has 1 unspecified atom stereocenters. The Morgan fingerprint density at radius 2 is 2.15 bits per heavy atom. The van der Waals surface area contributed by atoms with Gasteiger partial charge in [0.25, 0.3) is 0 Å². The molecule has 0 aromatic heterocycles. The third-order valence-electron chi connectivity index (χ3n) is 1.58. The summed E-state index contributed by atoms with van der Waals surface area (Å²) in [6.07, 6.45) is 2.10. The van der Waals surface area contributed by atoms with E-state index in [1.165, 1.54) is 13.2 Å². The molecule has 0 fully saturated rings. The Morgan fingerprint density at radius 3 is 2.54 bits per heavy atom. The van der Waals surface area contributed by atoms with E-state index in [1.807, 2.05) is 6.92 Å². The summed E-state index contributed by atoms with van der Waals surface area (Å²) in [5.74, 6) is -0.0603. The van der Waals surface area contributed by atoms with Crippen LogP contribution in [0, 0.1) is 0 Å². The molecular formula is C9H16O3Zr. The van der Waals surface area contributed by atoms with Crippen molar-refractivity contribution in [2.75, 3.05) is 7.11 Å². The molecule has 0 amide bonds. The largest absolute Gasteiger partial charge is 0.509 e. The summed E-state index contributed by atoms with van der Waals surface area (Å²) >= 11 is 0. The molecule has 0 rings (SSSR count). The minimum Gasteiger partial charge on any atom is -0.509 e. The zero-order valence-electron chi connectivity index (χ0n) is 8.33. The molecule has 74 valence electrons. The standard InChI is InChI=1S/C9H16O3.Zr/c1-4-5-8(10)6-9(11)7(2)12-3;/h6-7,11H,4-5H2,1-3H3;/b9-6-;. The Kier molecular flexibility index (Phi) is 10.3. The minimum atomic E-state index is -0.397. The van der Waals surface area contributed by atoms with Crippen LogP contribution in [0.3, 0.4) is 0 Å². The van der Waals surface area contributed by atoms with Crippen molar-refractivity contribution in [3.63, 3.8) is 0 Å². The van der Waals surface area contributed by atoms with Crippen LogP contribution < -0.4 is 0 Å². The van der Waals surface area contributed by atoms with E-state index in [-0.39, 0.29) is 37.7 Å². The molecule has 0 heterocycles. The average Bonchev–Trinajstić information content (AvgIpc) is 2.03. The van der Waals surface area contributed by atoms with Gasteiger partial charge in [0.1, 0.15) is 11.9 Å². The quantitative estimate of drug-likeness (QED) is 0.608. The van der Waals surface area contributed by atoms with Gasteiger partial charge in [-0.15, -0.1) is 0 Å². The number of aliphatic hydroxyl groups excluding tert-OH is 1. The summed E-state index contributed by atoms with van der Waals surface area (Å²) in [5, 5.41) is 9.23. The molecule has 1 N–H and O–H groups in total. The molecule has 0 aromatic carbocycles. The van der Waals surface area contributed by atoms with Crippen molar-refractivity contribution in [1.82, 2.24) is 0 Å². The Morgan fingerprint density at radius 1 is 1.62 bits per heavy atom. The van der Waals surface area contributed by atoms with E-state index < -0.39 is 6.10 Å². The second-order valence-electron chi connectivity index (χ2n) is 2.66. The summed E-state index contributed by atoms with van der Waals surface area (Å²) in [7, 11) is 1.49. The Balaban J connectivity index is 0. The van der Waals surface area contributed by atoms with Crippen molar-refractivity contribution >= 4 is 5.78 Å². The maximum absolute atomic E-state index is 11.0. The van der Waals surface area contributed by atoms with Crippen LogP contribution in [0.5, 0.6) is 0 Å². The summed E-state index contributed by atoms with van der Waals surface area (Å²) in [6, 6.07) is 0. The van der Waals surface area contributed by atoms with E-state index in [0.717, 1.165) is 6.42 Å². The van der Waals surface area contributed by atoms with Gasteiger partial charge in [0, 0.05) is 45.8 Å². The third-order valence-corrected chi connectivity index (χ3v) is 1.58. The van der Waals surface area contributed by atoms with Crippen LogP contribution in [-0.4, -0.2) is 24.1 Å². The number of ketones is 1. The van der Waals surface area contributed by atoms with Crippen LogP contribution in [0.15, 0.2) is 11.8 Å². The molecule has 3 nitrogen and oxygen atoms in total. The van der Waals surface area contributed by atoms with Gasteiger partial charge in [-0.2, -0.15) is 0 Å². The second-order valence-corrected chi connectivity index (χ2v) is 2.66. The molecule has 0 spiro atoms. The number of methoxy groups -OCH3 is 1. The molecule has 0 saturated carbocycles. The number of rotatable bonds is 5. The van der Waals surface area contributed by atoms with Crippen LogP contribution in [0.1, 0.15) is 26.7 Å². The molecule has 0 aliphatic carbocycles. The number of hydrogen-bond donors (Lipinski definition) is 1. The number of allylic oxidation sites excluding steroid dienone is 1. The fourth-order valence-electron chi connectivity index (χ4n) is 0.722. The van der Waals surface area contributed by atoms with Gasteiger partial charge < -0.3 is 9.84 Å². The number of carbonyl (C=O) groups excluding carboxylic acids is 1. The minimum absolute atomic E-state index is 0. The van der Waals surface area contributed by atoms with Gasteiger partial charge in [0.05, 0.1) is 0 Å². The topological polar surface area (TPSA) is 46.5 Å². The molecule has 0 aromatic rings. The van der Waals surface area contributed by atoms with Crippen molar-refractivity contribution in [3.8, 4) is 0 Å². The predicted molar refractivity (Wildman–Crippen MR) is 47.1 cm³/mol. The summed E-state index contributed by atoms with van der Waals surface area (Å²) < 4.78 is 4.82. The Labute approximate surface area is 98.3 Å². The summed E-state index contributed by atoms with van der Waals surface area (Å²) in [5.41, 5.74) is 0. The van der Waals surface area contributed by atoms with E-state index in [4.69, 9.17) is 4.74 Å². The maximum atomic E-state index is 11.0. The molecule has 0 aliphatic heterocycles. The third kappa shape index (κ3) is 7.15. The zero-order chi connectivity index (χ0) is 9.56. The average molecular weight is 263 g/mol. The van der Waals surface area contributed by atoms with Crippen LogP contribution >= 0.6 is 0 Å². The van der Waals surface area contributed by atoms with Crippen LogP contribution in [0.2, 0.25) is 0 Å². The number of carbonyl (C=O) groups is 1. The second kappa shape index (κ2) is 8.64. The molecule has 1 atom stereocenters. The fourth-order valence-corrected chi connectivity index (χ4v) is 0.722. The molecule has 0 bridgehead atoms. The molecule has 0 aliphatic rings. The van der Waals surface area contributed by atoms with Crippen molar-refractivity contribution in [1.29, 1.82) is 0 Å². The van der Waals surface area contributed by atoms with Crippen molar-refractivity contribution in [2.24, 2.45) is 0 Å². The van der Waals surface area contributed by atoms with Crippen LogP contribution in [0.4, 0.5) is 0 Å². The molecule has 0 radical (unpaired) electrons. The molecular weight excluding hydrogens is 247 g/mol.